The Bertz CT molecular complexity index is 312. The van der Waals surface area contributed by atoms with E-state index in [-0.39, 0.29) is 0 Å². The molecule has 0 heterocycles. The Balaban J connectivity index is 3.34. The molecule has 0 saturated heterocycles. The number of rotatable bonds is 4. The van der Waals surface area contributed by atoms with Crippen molar-refractivity contribution in [2.24, 2.45) is 5.73 Å². The van der Waals surface area contributed by atoms with E-state index in [1.807, 2.05) is 32.0 Å². The molecule has 1 atom stereocenters. The third-order valence-electron chi connectivity index (χ3n) is 2.73. The van der Waals surface area contributed by atoms with Crippen molar-refractivity contribution in [3.05, 3.63) is 23.8 Å². The second-order valence-electron chi connectivity index (χ2n) is 3.81. The first-order chi connectivity index (χ1) is 7.06. The van der Waals surface area contributed by atoms with Crippen molar-refractivity contribution < 1.29 is 9.47 Å². The van der Waals surface area contributed by atoms with Crippen LogP contribution in [0.4, 0.5) is 0 Å². The number of nitrogens with two attached hydrogens (primary N) is 1. The fourth-order valence-corrected chi connectivity index (χ4v) is 1.59. The zero-order valence-electron chi connectivity index (χ0n) is 9.83. The lowest BCUT2D eigenvalue weighted by Crippen LogP contribution is -2.33. The van der Waals surface area contributed by atoms with Crippen LogP contribution >= 0.6 is 0 Å². The summed E-state index contributed by atoms with van der Waals surface area (Å²) in [5.74, 6) is 1.56. The van der Waals surface area contributed by atoms with E-state index in [0.717, 1.165) is 23.5 Å². The lowest BCUT2D eigenvalue weighted by Gasteiger charge is -2.27. The highest BCUT2D eigenvalue weighted by Gasteiger charge is 2.26. The van der Waals surface area contributed by atoms with Crippen LogP contribution in [0.5, 0.6) is 11.5 Å². The van der Waals surface area contributed by atoms with Crippen LogP contribution in [0.2, 0.25) is 0 Å². The molecule has 0 radical (unpaired) electrons. The number of ether oxygens (including phenoxy) is 2. The Morgan fingerprint density at radius 2 is 1.67 bits per heavy atom. The third kappa shape index (κ3) is 2.23. The summed E-state index contributed by atoms with van der Waals surface area (Å²) in [6.45, 7) is 4.03. The molecule has 15 heavy (non-hydrogen) atoms. The molecule has 84 valence electrons. The third-order valence-corrected chi connectivity index (χ3v) is 2.73. The summed E-state index contributed by atoms with van der Waals surface area (Å²) < 4.78 is 10.6. The largest absolute Gasteiger partial charge is 0.496 e. The van der Waals surface area contributed by atoms with Crippen molar-refractivity contribution in [3.63, 3.8) is 0 Å². The molecule has 0 bridgehead atoms. The van der Waals surface area contributed by atoms with Gasteiger partial charge in [0.15, 0.2) is 0 Å². The van der Waals surface area contributed by atoms with Gasteiger partial charge in [0.25, 0.3) is 0 Å². The molecule has 1 aromatic rings. The van der Waals surface area contributed by atoms with Gasteiger partial charge in [0.2, 0.25) is 0 Å². The molecule has 3 nitrogen and oxygen atoms in total. The number of methoxy groups -OCH3 is 2. The van der Waals surface area contributed by atoms with E-state index in [1.165, 1.54) is 0 Å². The predicted octanol–water partition coefficient (Wildman–Crippen LogP) is 2.29. The smallest absolute Gasteiger partial charge is 0.127 e. The van der Waals surface area contributed by atoms with Gasteiger partial charge < -0.3 is 15.2 Å². The van der Waals surface area contributed by atoms with Crippen LogP contribution < -0.4 is 15.2 Å². The van der Waals surface area contributed by atoms with E-state index in [1.54, 1.807) is 14.2 Å². The first-order valence-corrected chi connectivity index (χ1v) is 5.07. The van der Waals surface area contributed by atoms with Crippen LogP contribution in [0.15, 0.2) is 18.2 Å². The molecule has 1 rings (SSSR count). The second kappa shape index (κ2) is 4.53. The lowest BCUT2D eigenvalue weighted by atomic mass is 9.89. The second-order valence-corrected chi connectivity index (χ2v) is 3.81. The number of benzene rings is 1. The van der Waals surface area contributed by atoms with E-state index in [0.29, 0.717) is 0 Å². The van der Waals surface area contributed by atoms with Crippen LogP contribution in [0.1, 0.15) is 25.8 Å². The lowest BCUT2D eigenvalue weighted by molar-refractivity contribution is 0.352. The topological polar surface area (TPSA) is 44.5 Å². The quantitative estimate of drug-likeness (QED) is 0.827. The summed E-state index contributed by atoms with van der Waals surface area (Å²) in [5, 5.41) is 0. The molecular weight excluding hydrogens is 190 g/mol. The molecule has 0 aliphatic carbocycles. The van der Waals surface area contributed by atoms with Crippen molar-refractivity contribution in [1.29, 1.82) is 0 Å². The summed E-state index contributed by atoms with van der Waals surface area (Å²) in [6.07, 6.45) is 0.823. The molecule has 1 aromatic carbocycles. The maximum atomic E-state index is 6.23. The SMILES string of the molecule is CCC(C)(N)c1c(OC)cccc1OC. The summed E-state index contributed by atoms with van der Waals surface area (Å²) in [5.41, 5.74) is 6.73. The zero-order valence-corrected chi connectivity index (χ0v) is 9.83. The van der Waals surface area contributed by atoms with Gasteiger partial charge in [-0.15, -0.1) is 0 Å². The number of hydrogen-bond donors (Lipinski definition) is 1. The van der Waals surface area contributed by atoms with Crippen LogP contribution in [-0.4, -0.2) is 14.2 Å². The monoisotopic (exact) mass is 209 g/mol. The van der Waals surface area contributed by atoms with Gasteiger partial charge in [0, 0.05) is 5.54 Å². The van der Waals surface area contributed by atoms with Gasteiger partial charge in [-0.25, -0.2) is 0 Å². The molecule has 2 N–H and O–H groups in total. The number of hydrogen-bond acceptors (Lipinski definition) is 3. The first kappa shape index (κ1) is 11.9. The molecule has 0 saturated carbocycles. The summed E-state index contributed by atoms with van der Waals surface area (Å²) in [4.78, 5) is 0. The highest BCUT2D eigenvalue weighted by molar-refractivity contribution is 5.48. The van der Waals surface area contributed by atoms with Gasteiger partial charge in [-0.05, 0) is 25.5 Å². The Labute approximate surface area is 91.2 Å². The fourth-order valence-electron chi connectivity index (χ4n) is 1.59. The minimum atomic E-state index is -0.433. The van der Waals surface area contributed by atoms with E-state index >= 15 is 0 Å². The Morgan fingerprint density at radius 3 is 2.00 bits per heavy atom. The van der Waals surface area contributed by atoms with E-state index < -0.39 is 5.54 Å². The average molecular weight is 209 g/mol. The van der Waals surface area contributed by atoms with Gasteiger partial charge in [0.1, 0.15) is 11.5 Å². The van der Waals surface area contributed by atoms with Gasteiger partial charge >= 0.3 is 0 Å². The van der Waals surface area contributed by atoms with Crippen molar-refractivity contribution in [2.75, 3.05) is 14.2 Å². The van der Waals surface area contributed by atoms with Gasteiger partial charge in [-0.1, -0.05) is 13.0 Å². The predicted molar refractivity (Wildman–Crippen MR) is 61.4 cm³/mol. The molecule has 0 aliphatic rings. The molecule has 3 heteroatoms. The maximum absolute atomic E-state index is 6.23. The van der Waals surface area contributed by atoms with E-state index in [9.17, 15) is 0 Å². The van der Waals surface area contributed by atoms with Gasteiger partial charge in [-0.3, -0.25) is 0 Å². The first-order valence-electron chi connectivity index (χ1n) is 5.07. The Hall–Kier alpha value is -1.22. The Morgan fingerprint density at radius 1 is 1.20 bits per heavy atom. The molecule has 0 spiro atoms. The highest BCUT2D eigenvalue weighted by atomic mass is 16.5. The zero-order chi connectivity index (χ0) is 11.5. The molecule has 0 aromatic heterocycles. The normalized spacial score (nSPS) is 14.5. The van der Waals surface area contributed by atoms with Crippen molar-refractivity contribution in [3.8, 4) is 11.5 Å². The van der Waals surface area contributed by atoms with Crippen molar-refractivity contribution in [2.45, 2.75) is 25.8 Å². The van der Waals surface area contributed by atoms with Crippen molar-refractivity contribution in [1.82, 2.24) is 0 Å². The average Bonchev–Trinajstić information content (AvgIpc) is 2.27. The van der Waals surface area contributed by atoms with E-state index in [4.69, 9.17) is 15.2 Å². The molecule has 0 fully saturated rings. The van der Waals surface area contributed by atoms with Crippen LogP contribution in [0, 0.1) is 0 Å². The standard InChI is InChI=1S/C12H19NO2/c1-5-12(2,13)11-9(14-3)7-6-8-10(11)15-4/h6-8H,5,13H2,1-4H3. The Kier molecular flexibility index (Phi) is 3.58. The molecule has 0 amide bonds. The summed E-state index contributed by atoms with van der Waals surface area (Å²) >= 11 is 0. The summed E-state index contributed by atoms with van der Waals surface area (Å²) in [7, 11) is 3.29. The van der Waals surface area contributed by atoms with Crippen LogP contribution in [0.25, 0.3) is 0 Å². The highest BCUT2D eigenvalue weighted by Crippen LogP contribution is 2.37. The fraction of sp³-hybridized carbons (Fsp3) is 0.500. The maximum Gasteiger partial charge on any atom is 0.127 e. The molecular formula is C12H19NO2. The molecule has 1 unspecified atom stereocenters. The van der Waals surface area contributed by atoms with Crippen LogP contribution in [0.3, 0.4) is 0 Å². The van der Waals surface area contributed by atoms with Crippen LogP contribution in [-0.2, 0) is 5.54 Å². The van der Waals surface area contributed by atoms with Gasteiger partial charge in [-0.2, -0.15) is 0 Å². The van der Waals surface area contributed by atoms with E-state index in [2.05, 4.69) is 0 Å². The molecule has 0 aliphatic heterocycles. The minimum Gasteiger partial charge on any atom is -0.496 e. The van der Waals surface area contributed by atoms with Crippen molar-refractivity contribution >= 4 is 0 Å². The van der Waals surface area contributed by atoms with Gasteiger partial charge in [0.05, 0.1) is 19.8 Å². The minimum absolute atomic E-state index is 0.433. The summed E-state index contributed by atoms with van der Waals surface area (Å²) in [6, 6.07) is 5.70.